The van der Waals surface area contributed by atoms with Crippen LogP contribution in [0.2, 0.25) is 0 Å². The summed E-state index contributed by atoms with van der Waals surface area (Å²) < 4.78 is 11.9. The molecule has 2 heterocycles. The molecular formula is C21H27NO6. The number of fused-ring (bicyclic) bond motifs is 2. The molecule has 1 aromatic carbocycles. The van der Waals surface area contributed by atoms with Crippen LogP contribution in [0.15, 0.2) is 30.4 Å². The Morgan fingerprint density at radius 2 is 2.18 bits per heavy atom. The lowest BCUT2D eigenvalue weighted by molar-refractivity contribution is -0.309. The van der Waals surface area contributed by atoms with Crippen LogP contribution in [-0.4, -0.2) is 61.0 Å². The van der Waals surface area contributed by atoms with Gasteiger partial charge in [-0.15, -0.1) is 0 Å². The summed E-state index contributed by atoms with van der Waals surface area (Å²) in [4.78, 5) is 24.3. The minimum absolute atomic E-state index is 0.223. The molecule has 1 aromatic rings. The van der Waals surface area contributed by atoms with Crippen molar-refractivity contribution < 1.29 is 29.1 Å². The number of nitrogens with zero attached hydrogens (tertiary/aromatic N) is 1. The highest BCUT2D eigenvalue weighted by Gasteiger charge is 2.47. The molecule has 1 aliphatic carbocycles. The molecule has 1 fully saturated rings. The van der Waals surface area contributed by atoms with Gasteiger partial charge in [0.25, 0.3) is 0 Å². The Kier molecular flexibility index (Phi) is 5.31. The number of piperidine rings is 1. The van der Waals surface area contributed by atoms with Crippen LogP contribution < -0.4 is 9.47 Å². The van der Waals surface area contributed by atoms with Gasteiger partial charge in [-0.3, -0.25) is 4.89 Å². The van der Waals surface area contributed by atoms with Gasteiger partial charge in [0.15, 0.2) is 23.7 Å². The topological polar surface area (TPSA) is 77.5 Å². The van der Waals surface area contributed by atoms with Crippen LogP contribution in [0.3, 0.4) is 0 Å². The first kappa shape index (κ1) is 19.2. The number of aliphatic hydroxyl groups excluding tert-OH is 1. The first-order chi connectivity index (χ1) is 13.5. The Labute approximate surface area is 164 Å². The maximum absolute atomic E-state index is 11.6. The highest BCUT2D eigenvalue weighted by atomic mass is 17.2. The number of hydrogen-bond acceptors (Lipinski definition) is 7. The van der Waals surface area contributed by atoms with Crippen LogP contribution in [0.4, 0.5) is 0 Å². The third-order valence-electron chi connectivity index (χ3n) is 6.11. The predicted molar refractivity (Wildman–Crippen MR) is 101 cm³/mol. The smallest absolute Gasteiger partial charge is 0.370 e. The van der Waals surface area contributed by atoms with Crippen LogP contribution in [0.1, 0.15) is 18.9 Å². The normalized spacial score (nSPS) is 32.4. The first-order valence-electron chi connectivity index (χ1n) is 9.75. The zero-order valence-corrected chi connectivity index (χ0v) is 16.4. The van der Waals surface area contributed by atoms with E-state index in [9.17, 15) is 9.90 Å². The summed E-state index contributed by atoms with van der Waals surface area (Å²) in [6, 6.07) is 6.41. The van der Waals surface area contributed by atoms with Crippen LogP contribution in [-0.2, 0) is 21.0 Å². The van der Waals surface area contributed by atoms with Crippen molar-refractivity contribution in [3.05, 3.63) is 35.9 Å². The summed E-state index contributed by atoms with van der Waals surface area (Å²) in [6.07, 6.45) is 3.83. The standard InChI is InChI=1S/C21H27NO6/c1-12(23)21(24)28-27-18-7-5-14-15-8-9-22(2)16(14)10-13-4-6-17(25-3)19(11-13)26-20(15)18/h4-7,11-12,14-16,18,20,23H,8-10H2,1-3H3/t12?,14-,15+,16-,18+,20-/m1/s1. The summed E-state index contributed by atoms with van der Waals surface area (Å²) in [6.45, 7) is 2.31. The van der Waals surface area contributed by atoms with Crippen molar-refractivity contribution >= 4 is 5.97 Å². The molecule has 7 nitrogen and oxygen atoms in total. The highest BCUT2D eigenvalue weighted by molar-refractivity contribution is 5.73. The third-order valence-corrected chi connectivity index (χ3v) is 6.11. The van der Waals surface area contributed by atoms with Crippen molar-refractivity contribution in [2.24, 2.45) is 11.8 Å². The Balaban J connectivity index is 1.69. The quantitative estimate of drug-likeness (QED) is 0.477. The van der Waals surface area contributed by atoms with E-state index in [1.54, 1.807) is 7.11 Å². The van der Waals surface area contributed by atoms with E-state index in [1.165, 1.54) is 12.5 Å². The van der Waals surface area contributed by atoms with E-state index in [2.05, 4.69) is 24.1 Å². The van der Waals surface area contributed by atoms with E-state index in [0.717, 1.165) is 19.4 Å². The zero-order chi connectivity index (χ0) is 19.8. The van der Waals surface area contributed by atoms with E-state index >= 15 is 0 Å². The summed E-state index contributed by atoms with van der Waals surface area (Å²) in [7, 11) is 3.79. The molecule has 0 radical (unpaired) electrons. The number of ether oxygens (including phenoxy) is 2. The van der Waals surface area contributed by atoms with E-state index in [-0.39, 0.29) is 12.0 Å². The SMILES string of the molecule is COc1ccc2cc1O[C@@H]1[C@H]3CCN(C)[C@H](C2)[C@@H]3C=C[C@@H]1OOC(=O)C(C)O. The third kappa shape index (κ3) is 3.50. The number of hydrogen-bond donors (Lipinski definition) is 1. The second kappa shape index (κ2) is 7.73. The van der Waals surface area contributed by atoms with Gasteiger partial charge in [0, 0.05) is 12.0 Å². The number of benzene rings is 1. The Morgan fingerprint density at radius 1 is 1.36 bits per heavy atom. The fraction of sp³-hybridized carbons (Fsp3) is 0.571. The molecule has 7 heteroatoms. The van der Waals surface area contributed by atoms with Crippen LogP contribution in [0.5, 0.6) is 11.5 Å². The van der Waals surface area contributed by atoms with Gasteiger partial charge >= 0.3 is 5.97 Å². The minimum Gasteiger partial charge on any atom is -0.493 e. The fourth-order valence-electron chi connectivity index (χ4n) is 4.57. The average molecular weight is 389 g/mol. The lowest BCUT2D eigenvalue weighted by Crippen LogP contribution is -2.55. The number of rotatable bonds is 4. The number of likely N-dealkylation sites (N-methyl/N-ethyl adjacent to an activating group) is 1. The molecule has 6 atom stereocenters. The van der Waals surface area contributed by atoms with Gasteiger partial charge < -0.3 is 19.5 Å². The largest absolute Gasteiger partial charge is 0.493 e. The maximum atomic E-state index is 11.6. The minimum atomic E-state index is -1.24. The van der Waals surface area contributed by atoms with Crippen LogP contribution in [0, 0.1) is 11.8 Å². The molecule has 28 heavy (non-hydrogen) atoms. The van der Waals surface area contributed by atoms with Gasteiger partial charge in [0.05, 0.1) is 7.11 Å². The van der Waals surface area contributed by atoms with Crippen molar-refractivity contribution in [3.63, 3.8) is 0 Å². The highest BCUT2D eigenvalue weighted by Crippen LogP contribution is 2.43. The second-order valence-corrected chi connectivity index (χ2v) is 7.87. The molecule has 4 rings (SSSR count). The van der Waals surface area contributed by atoms with Gasteiger partial charge in [-0.25, -0.2) is 4.79 Å². The molecule has 1 N–H and O–H groups in total. The first-order valence-corrected chi connectivity index (χ1v) is 9.75. The summed E-state index contributed by atoms with van der Waals surface area (Å²) in [5.74, 6) is 1.06. The van der Waals surface area contributed by atoms with Gasteiger partial charge in [-0.05, 0) is 57.0 Å². The van der Waals surface area contributed by atoms with Crippen molar-refractivity contribution in [3.8, 4) is 11.5 Å². The summed E-state index contributed by atoms with van der Waals surface area (Å²) in [5, 5.41) is 9.35. The van der Waals surface area contributed by atoms with Crippen LogP contribution >= 0.6 is 0 Å². The second-order valence-electron chi connectivity index (χ2n) is 7.87. The molecule has 152 valence electrons. The van der Waals surface area contributed by atoms with Gasteiger partial charge in [-0.2, -0.15) is 4.89 Å². The predicted octanol–water partition coefficient (Wildman–Crippen LogP) is 1.73. The van der Waals surface area contributed by atoms with Crippen molar-refractivity contribution in [1.82, 2.24) is 4.90 Å². The molecule has 1 saturated heterocycles. The van der Waals surface area contributed by atoms with Crippen LogP contribution in [0.25, 0.3) is 0 Å². The molecule has 0 aromatic heterocycles. The molecule has 0 saturated carbocycles. The van der Waals surface area contributed by atoms with Gasteiger partial charge in [-0.1, -0.05) is 18.2 Å². The number of methoxy groups -OCH3 is 1. The monoisotopic (exact) mass is 389 g/mol. The zero-order valence-electron chi connectivity index (χ0n) is 16.4. The molecule has 6 bridgehead atoms. The van der Waals surface area contributed by atoms with Crippen molar-refractivity contribution in [1.29, 1.82) is 0 Å². The van der Waals surface area contributed by atoms with Gasteiger partial charge in [0.1, 0.15) is 6.10 Å². The Hall–Kier alpha value is -2.09. The van der Waals surface area contributed by atoms with Gasteiger partial charge in [0.2, 0.25) is 0 Å². The van der Waals surface area contributed by atoms with E-state index in [0.29, 0.717) is 23.5 Å². The molecular weight excluding hydrogens is 362 g/mol. The van der Waals surface area contributed by atoms with Crippen molar-refractivity contribution in [2.75, 3.05) is 20.7 Å². The number of likely N-dealkylation sites (tertiary alicyclic amines) is 1. The van der Waals surface area contributed by atoms with E-state index < -0.39 is 18.2 Å². The number of aliphatic hydroxyl groups is 1. The Bertz CT molecular complexity index is 763. The van der Waals surface area contributed by atoms with E-state index in [1.807, 2.05) is 18.2 Å². The lowest BCUT2D eigenvalue weighted by atomic mass is 9.71. The maximum Gasteiger partial charge on any atom is 0.370 e. The molecule has 3 aliphatic rings. The molecule has 0 spiro atoms. The molecule has 0 amide bonds. The Morgan fingerprint density at radius 3 is 2.93 bits per heavy atom. The fourth-order valence-corrected chi connectivity index (χ4v) is 4.57. The summed E-state index contributed by atoms with van der Waals surface area (Å²) in [5.41, 5.74) is 1.20. The number of carbonyl (C=O) groups is 1. The summed E-state index contributed by atoms with van der Waals surface area (Å²) >= 11 is 0. The molecule has 2 aliphatic heterocycles. The number of carbonyl (C=O) groups excluding carboxylic acids is 1. The van der Waals surface area contributed by atoms with E-state index in [4.69, 9.17) is 19.2 Å². The lowest BCUT2D eigenvalue weighted by Gasteiger charge is -2.47. The van der Waals surface area contributed by atoms with Crippen molar-refractivity contribution in [2.45, 2.75) is 44.1 Å². The molecule has 1 unspecified atom stereocenters. The average Bonchev–Trinajstić information content (AvgIpc) is 2.70.